The molecule has 7 nitrogen and oxygen atoms in total. The van der Waals surface area contributed by atoms with Crippen molar-refractivity contribution >= 4 is 38.9 Å². The SMILES string of the molecule is CCCC[C@@]1(CC)CN(c2ccc(OC)cc2)c2cc(SC)c(OCC(=O)OC(C)(C)C)cc2S(=O)(=O)C1. The third-order valence-electron chi connectivity index (χ3n) is 6.82. The predicted octanol–water partition coefficient (Wildman–Crippen LogP) is 6.65. The zero-order valence-corrected chi connectivity index (χ0v) is 25.3. The van der Waals surface area contributed by atoms with E-state index in [1.54, 1.807) is 33.9 Å². The van der Waals surface area contributed by atoms with E-state index in [0.29, 0.717) is 18.0 Å². The maximum atomic E-state index is 14.0. The van der Waals surface area contributed by atoms with Crippen molar-refractivity contribution in [3.05, 3.63) is 36.4 Å². The van der Waals surface area contributed by atoms with Crippen molar-refractivity contribution < 1.29 is 27.4 Å². The fourth-order valence-electron chi connectivity index (χ4n) is 4.80. The summed E-state index contributed by atoms with van der Waals surface area (Å²) in [7, 11) is -2.04. The summed E-state index contributed by atoms with van der Waals surface area (Å²) >= 11 is 1.44. The Morgan fingerprint density at radius 1 is 1.13 bits per heavy atom. The van der Waals surface area contributed by atoms with Crippen molar-refractivity contribution in [2.24, 2.45) is 5.41 Å². The number of sulfone groups is 1. The second-order valence-corrected chi connectivity index (χ2v) is 13.7. The van der Waals surface area contributed by atoms with E-state index in [0.717, 1.165) is 42.0 Å². The van der Waals surface area contributed by atoms with Crippen LogP contribution in [0.2, 0.25) is 0 Å². The number of methoxy groups -OCH3 is 1. The summed E-state index contributed by atoms with van der Waals surface area (Å²) in [5.74, 6) is 0.643. The Bertz CT molecular complexity index is 1220. The molecule has 1 atom stereocenters. The quantitative estimate of drug-likeness (QED) is 0.235. The predicted molar refractivity (Wildman–Crippen MR) is 154 cm³/mol. The van der Waals surface area contributed by atoms with Gasteiger partial charge < -0.3 is 19.1 Å². The maximum absolute atomic E-state index is 14.0. The molecule has 0 saturated heterocycles. The minimum Gasteiger partial charge on any atom is -0.497 e. The van der Waals surface area contributed by atoms with Gasteiger partial charge in [0.1, 0.15) is 17.1 Å². The highest BCUT2D eigenvalue weighted by Gasteiger charge is 2.42. The van der Waals surface area contributed by atoms with Crippen molar-refractivity contribution in [2.75, 3.05) is 37.2 Å². The van der Waals surface area contributed by atoms with Crippen molar-refractivity contribution in [1.29, 1.82) is 0 Å². The molecule has 0 unspecified atom stereocenters. The number of esters is 1. The van der Waals surface area contributed by atoms with Gasteiger partial charge in [-0.25, -0.2) is 13.2 Å². The van der Waals surface area contributed by atoms with Crippen LogP contribution in [0.25, 0.3) is 0 Å². The van der Waals surface area contributed by atoms with Crippen LogP contribution in [-0.4, -0.2) is 52.3 Å². The molecule has 1 aliphatic rings. The standard InChI is InChI=1S/C29H41NO6S2/c1-8-10-15-29(9-2)19-30(21-11-13-22(34-6)14-12-21)23-16-25(37-7)24(17-26(23)38(32,33)20-29)35-18-27(31)36-28(3,4)5/h11-14,16-17H,8-10,15,18-20H2,1-7H3/t29-/m0/s1. The summed E-state index contributed by atoms with van der Waals surface area (Å²) in [5.41, 5.74) is 0.467. The van der Waals surface area contributed by atoms with Crippen LogP contribution >= 0.6 is 11.8 Å². The van der Waals surface area contributed by atoms with Crippen molar-refractivity contribution in [2.45, 2.75) is 75.7 Å². The van der Waals surface area contributed by atoms with E-state index in [9.17, 15) is 13.2 Å². The average molecular weight is 564 g/mol. The van der Waals surface area contributed by atoms with E-state index >= 15 is 0 Å². The fraction of sp³-hybridized carbons (Fsp3) is 0.552. The van der Waals surface area contributed by atoms with Crippen LogP contribution < -0.4 is 14.4 Å². The molecule has 1 heterocycles. The minimum atomic E-state index is -3.67. The lowest BCUT2D eigenvalue weighted by atomic mass is 9.81. The lowest BCUT2D eigenvalue weighted by Gasteiger charge is -2.36. The van der Waals surface area contributed by atoms with Crippen LogP contribution in [0.4, 0.5) is 11.4 Å². The molecule has 0 fully saturated rings. The Morgan fingerprint density at radius 3 is 2.37 bits per heavy atom. The molecule has 0 radical (unpaired) electrons. The van der Waals surface area contributed by atoms with Gasteiger partial charge in [-0.05, 0) is 70.2 Å². The van der Waals surface area contributed by atoms with E-state index in [2.05, 4.69) is 18.7 Å². The van der Waals surface area contributed by atoms with Gasteiger partial charge in [0, 0.05) is 23.7 Å². The van der Waals surface area contributed by atoms with Crippen LogP contribution in [0, 0.1) is 5.41 Å². The van der Waals surface area contributed by atoms with E-state index in [-0.39, 0.29) is 17.3 Å². The third-order valence-corrected chi connectivity index (χ3v) is 9.57. The first-order valence-corrected chi connectivity index (χ1v) is 16.0. The van der Waals surface area contributed by atoms with Crippen LogP contribution in [0.5, 0.6) is 11.5 Å². The maximum Gasteiger partial charge on any atom is 0.344 e. The number of thioether (sulfide) groups is 1. The second kappa shape index (κ2) is 12.2. The summed E-state index contributed by atoms with van der Waals surface area (Å²) < 4.78 is 44.6. The van der Waals surface area contributed by atoms with Gasteiger partial charge in [0.15, 0.2) is 16.4 Å². The Labute approximate surface area is 232 Å². The molecule has 9 heteroatoms. The van der Waals surface area contributed by atoms with Crippen LogP contribution in [0.1, 0.15) is 60.3 Å². The highest BCUT2D eigenvalue weighted by atomic mass is 32.2. The van der Waals surface area contributed by atoms with Crippen molar-refractivity contribution in [1.82, 2.24) is 0 Å². The second-order valence-electron chi connectivity index (χ2n) is 10.8. The van der Waals surface area contributed by atoms with Gasteiger partial charge in [0.25, 0.3) is 0 Å². The Morgan fingerprint density at radius 2 is 1.82 bits per heavy atom. The van der Waals surface area contributed by atoms with E-state index in [4.69, 9.17) is 14.2 Å². The van der Waals surface area contributed by atoms with Gasteiger partial charge >= 0.3 is 5.97 Å². The van der Waals surface area contributed by atoms with Gasteiger partial charge in [0.05, 0.1) is 28.3 Å². The van der Waals surface area contributed by atoms with Crippen LogP contribution in [-0.2, 0) is 19.4 Å². The molecule has 3 rings (SSSR count). The third kappa shape index (κ3) is 7.17. The average Bonchev–Trinajstić information content (AvgIpc) is 2.96. The van der Waals surface area contributed by atoms with Gasteiger partial charge in [-0.2, -0.15) is 0 Å². The number of ether oxygens (including phenoxy) is 3. The van der Waals surface area contributed by atoms with Crippen LogP contribution in [0.15, 0.2) is 46.2 Å². The number of hydrogen-bond donors (Lipinski definition) is 0. The van der Waals surface area contributed by atoms with Gasteiger partial charge in [-0.1, -0.05) is 26.7 Å². The number of hydrogen-bond acceptors (Lipinski definition) is 8. The molecule has 2 aromatic carbocycles. The van der Waals surface area contributed by atoms with E-state index < -0.39 is 26.8 Å². The summed E-state index contributed by atoms with van der Waals surface area (Å²) in [4.78, 5) is 15.4. The molecule has 210 valence electrons. The molecule has 0 saturated carbocycles. The molecular weight excluding hydrogens is 522 g/mol. The van der Waals surface area contributed by atoms with E-state index in [1.807, 2.05) is 36.6 Å². The lowest BCUT2D eigenvalue weighted by molar-refractivity contribution is -0.157. The number of nitrogens with zero attached hydrogens (tertiary/aromatic N) is 1. The lowest BCUT2D eigenvalue weighted by Crippen LogP contribution is -2.37. The number of anilines is 2. The zero-order chi connectivity index (χ0) is 28.1. The van der Waals surface area contributed by atoms with Crippen molar-refractivity contribution in [3.63, 3.8) is 0 Å². The highest BCUT2D eigenvalue weighted by molar-refractivity contribution is 7.98. The number of fused-ring (bicyclic) bond motifs is 1. The van der Waals surface area contributed by atoms with Crippen molar-refractivity contribution in [3.8, 4) is 11.5 Å². The molecule has 0 spiro atoms. The molecule has 38 heavy (non-hydrogen) atoms. The molecule has 0 bridgehead atoms. The Balaban J connectivity index is 2.14. The molecule has 2 aromatic rings. The first-order valence-electron chi connectivity index (χ1n) is 13.1. The topological polar surface area (TPSA) is 82.1 Å². The van der Waals surface area contributed by atoms with Gasteiger partial charge in [0.2, 0.25) is 0 Å². The molecule has 1 aliphatic heterocycles. The summed E-state index contributed by atoms with van der Waals surface area (Å²) in [6.45, 7) is 9.85. The summed E-state index contributed by atoms with van der Waals surface area (Å²) in [6, 6.07) is 11.2. The number of rotatable bonds is 10. The first-order chi connectivity index (χ1) is 17.9. The Hall–Kier alpha value is -2.39. The first kappa shape index (κ1) is 30.2. The highest BCUT2D eigenvalue weighted by Crippen LogP contribution is 2.47. The monoisotopic (exact) mass is 563 g/mol. The number of carbonyl (C=O) groups is 1. The largest absolute Gasteiger partial charge is 0.497 e. The minimum absolute atomic E-state index is 0.0558. The van der Waals surface area contributed by atoms with Gasteiger partial charge in [-0.15, -0.1) is 11.8 Å². The smallest absolute Gasteiger partial charge is 0.344 e. The van der Waals surface area contributed by atoms with Crippen LogP contribution in [0.3, 0.4) is 0 Å². The molecule has 0 aromatic heterocycles. The fourth-order valence-corrected chi connectivity index (χ4v) is 7.53. The Kier molecular flexibility index (Phi) is 9.68. The molecule has 0 N–H and O–H groups in total. The summed E-state index contributed by atoms with van der Waals surface area (Å²) in [6.07, 6.45) is 5.41. The molecular formula is C29H41NO6S2. The normalized spacial score (nSPS) is 18.9. The number of carbonyl (C=O) groups excluding carboxylic acids is 1. The zero-order valence-electron chi connectivity index (χ0n) is 23.6. The van der Waals surface area contributed by atoms with E-state index in [1.165, 1.54) is 11.8 Å². The molecule has 0 amide bonds. The summed E-state index contributed by atoms with van der Waals surface area (Å²) in [5, 5.41) is 0. The molecule has 0 aliphatic carbocycles. The number of benzene rings is 2. The van der Waals surface area contributed by atoms with Gasteiger partial charge in [-0.3, -0.25) is 0 Å². The number of unbranched alkanes of at least 4 members (excludes halogenated alkanes) is 1.